The summed E-state index contributed by atoms with van der Waals surface area (Å²) in [6.07, 6.45) is 0.716. The van der Waals surface area contributed by atoms with Gasteiger partial charge in [0.2, 0.25) is 5.95 Å². The number of halogens is 1. The van der Waals surface area contributed by atoms with Crippen LogP contribution in [-0.2, 0) is 9.53 Å². The van der Waals surface area contributed by atoms with Gasteiger partial charge in [0.05, 0.1) is 12.0 Å². The summed E-state index contributed by atoms with van der Waals surface area (Å²) in [5.41, 5.74) is 5.07. The van der Waals surface area contributed by atoms with Crippen LogP contribution in [0.5, 0.6) is 0 Å². The van der Waals surface area contributed by atoms with Crippen LogP contribution < -0.4 is 10.6 Å². The van der Waals surface area contributed by atoms with E-state index in [1.165, 1.54) is 0 Å². The molecule has 0 aliphatic carbocycles. The highest BCUT2D eigenvalue weighted by Crippen LogP contribution is 2.34. The van der Waals surface area contributed by atoms with Crippen LogP contribution in [0.2, 0.25) is 5.15 Å². The van der Waals surface area contributed by atoms with E-state index in [9.17, 15) is 4.79 Å². The monoisotopic (exact) mass is 284 g/mol. The summed E-state index contributed by atoms with van der Waals surface area (Å²) in [5.74, 6) is 0.600. The van der Waals surface area contributed by atoms with Gasteiger partial charge < -0.3 is 15.4 Å². The van der Waals surface area contributed by atoms with E-state index in [2.05, 4.69) is 9.97 Å². The zero-order chi connectivity index (χ0) is 14.0. The van der Waals surface area contributed by atoms with Crippen molar-refractivity contribution in [2.24, 2.45) is 5.41 Å². The Bertz CT molecular complexity index is 476. The molecular weight excluding hydrogens is 268 g/mol. The molecule has 0 bridgehead atoms. The van der Waals surface area contributed by atoms with Crippen molar-refractivity contribution < 1.29 is 9.53 Å². The number of nitrogens with zero attached hydrogens (tertiary/aromatic N) is 3. The van der Waals surface area contributed by atoms with Crippen molar-refractivity contribution in [2.75, 3.05) is 30.3 Å². The molecule has 0 saturated carbocycles. The molecule has 1 unspecified atom stereocenters. The van der Waals surface area contributed by atoms with Crippen molar-refractivity contribution in [1.29, 1.82) is 0 Å². The van der Waals surface area contributed by atoms with Crippen LogP contribution >= 0.6 is 11.6 Å². The van der Waals surface area contributed by atoms with Crippen LogP contribution in [0.3, 0.4) is 0 Å². The van der Waals surface area contributed by atoms with E-state index in [4.69, 9.17) is 22.1 Å². The fourth-order valence-corrected chi connectivity index (χ4v) is 2.40. The maximum absolute atomic E-state index is 11.9. The highest BCUT2D eigenvalue weighted by molar-refractivity contribution is 6.29. The zero-order valence-electron chi connectivity index (χ0n) is 11.0. The van der Waals surface area contributed by atoms with Gasteiger partial charge in [0.15, 0.2) is 0 Å². The quantitative estimate of drug-likeness (QED) is 0.669. The number of rotatable bonds is 3. The molecule has 1 atom stereocenters. The summed E-state index contributed by atoms with van der Waals surface area (Å²) in [4.78, 5) is 21.9. The first-order valence-electron chi connectivity index (χ1n) is 6.17. The molecule has 0 amide bonds. The van der Waals surface area contributed by atoms with Crippen LogP contribution in [0.1, 0.15) is 20.3 Å². The number of nitrogen functional groups attached to an aromatic ring is 1. The molecule has 19 heavy (non-hydrogen) atoms. The van der Waals surface area contributed by atoms with Gasteiger partial charge in [-0.15, -0.1) is 0 Å². The summed E-state index contributed by atoms with van der Waals surface area (Å²) >= 11 is 5.86. The molecule has 0 radical (unpaired) electrons. The number of nitrogens with two attached hydrogens (primary N) is 1. The molecule has 1 fully saturated rings. The number of hydrogen-bond donors (Lipinski definition) is 1. The minimum Gasteiger partial charge on any atom is -0.466 e. The van der Waals surface area contributed by atoms with Crippen molar-refractivity contribution in [3.8, 4) is 0 Å². The van der Waals surface area contributed by atoms with Crippen molar-refractivity contribution >= 4 is 29.3 Å². The SMILES string of the molecule is CCOC(=O)C1(C)CCN(c2cc(Cl)nc(N)n2)C1. The Labute approximate surface area is 116 Å². The molecule has 1 aliphatic rings. The Morgan fingerprint density at radius 1 is 1.63 bits per heavy atom. The molecule has 7 heteroatoms. The minimum atomic E-state index is -0.512. The summed E-state index contributed by atoms with van der Waals surface area (Å²) in [7, 11) is 0. The van der Waals surface area contributed by atoms with Crippen LogP contribution in [-0.4, -0.2) is 35.6 Å². The van der Waals surface area contributed by atoms with E-state index in [0.717, 1.165) is 0 Å². The molecule has 2 heterocycles. The Kier molecular flexibility index (Phi) is 3.80. The summed E-state index contributed by atoms with van der Waals surface area (Å²) in [6.45, 7) is 5.34. The highest BCUT2D eigenvalue weighted by atomic mass is 35.5. The topological polar surface area (TPSA) is 81.3 Å². The van der Waals surface area contributed by atoms with E-state index in [0.29, 0.717) is 37.1 Å². The first-order valence-corrected chi connectivity index (χ1v) is 6.54. The summed E-state index contributed by atoms with van der Waals surface area (Å²) in [6, 6.07) is 1.65. The van der Waals surface area contributed by atoms with Gasteiger partial charge in [-0.1, -0.05) is 11.6 Å². The number of carbonyl (C=O) groups excluding carboxylic acids is 1. The highest BCUT2D eigenvalue weighted by Gasteiger charge is 2.42. The lowest BCUT2D eigenvalue weighted by atomic mass is 9.90. The third-order valence-electron chi connectivity index (χ3n) is 3.26. The second kappa shape index (κ2) is 5.21. The molecule has 2 rings (SSSR count). The molecule has 1 saturated heterocycles. The smallest absolute Gasteiger partial charge is 0.313 e. The Balaban J connectivity index is 2.15. The second-order valence-corrected chi connectivity index (χ2v) is 5.25. The van der Waals surface area contributed by atoms with Gasteiger partial charge in [-0.25, -0.2) is 4.98 Å². The third-order valence-corrected chi connectivity index (χ3v) is 3.46. The number of carbonyl (C=O) groups is 1. The van der Waals surface area contributed by atoms with Gasteiger partial charge >= 0.3 is 5.97 Å². The second-order valence-electron chi connectivity index (χ2n) is 4.86. The number of anilines is 2. The molecule has 104 valence electrons. The van der Waals surface area contributed by atoms with Gasteiger partial charge in [-0.3, -0.25) is 4.79 Å². The molecule has 1 aromatic rings. The van der Waals surface area contributed by atoms with E-state index in [1.807, 2.05) is 11.8 Å². The lowest BCUT2D eigenvalue weighted by molar-refractivity contribution is -0.153. The largest absolute Gasteiger partial charge is 0.466 e. The maximum atomic E-state index is 11.9. The van der Waals surface area contributed by atoms with Crippen molar-refractivity contribution in [1.82, 2.24) is 9.97 Å². The minimum absolute atomic E-state index is 0.132. The Morgan fingerprint density at radius 2 is 2.37 bits per heavy atom. The van der Waals surface area contributed by atoms with Gasteiger partial charge in [-0.05, 0) is 20.3 Å². The number of hydrogen-bond acceptors (Lipinski definition) is 6. The average molecular weight is 285 g/mol. The summed E-state index contributed by atoms with van der Waals surface area (Å²) < 4.78 is 5.11. The van der Waals surface area contributed by atoms with E-state index in [1.54, 1.807) is 13.0 Å². The van der Waals surface area contributed by atoms with Crippen molar-refractivity contribution in [3.63, 3.8) is 0 Å². The lowest BCUT2D eigenvalue weighted by Crippen LogP contribution is -2.33. The third kappa shape index (κ3) is 2.89. The molecule has 2 N–H and O–H groups in total. The molecule has 0 aromatic carbocycles. The predicted molar refractivity (Wildman–Crippen MR) is 73.0 cm³/mol. The first-order chi connectivity index (χ1) is 8.94. The number of ether oxygens (including phenoxy) is 1. The van der Waals surface area contributed by atoms with E-state index < -0.39 is 5.41 Å². The molecule has 0 spiro atoms. The van der Waals surface area contributed by atoms with Crippen LogP contribution in [0.15, 0.2) is 6.07 Å². The standard InChI is InChI=1S/C12H17ClN4O2/c1-3-19-10(18)12(2)4-5-17(7-12)9-6-8(13)15-11(14)16-9/h6H,3-5,7H2,1-2H3,(H2,14,15,16). The van der Waals surface area contributed by atoms with Gasteiger partial charge in [0, 0.05) is 19.2 Å². The fourth-order valence-electron chi connectivity index (χ4n) is 2.21. The lowest BCUT2D eigenvalue weighted by Gasteiger charge is -2.23. The Morgan fingerprint density at radius 3 is 3.00 bits per heavy atom. The van der Waals surface area contributed by atoms with Crippen LogP contribution in [0.4, 0.5) is 11.8 Å². The molecule has 6 nitrogen and oxygen atoms in total. The average Bonchev–Trinajstić information content (AvgIpc) is 2.72. The zero-order valence-corrected chi connectivity index (χ0v) is 11.8. The van der Waals surface area contributed by atoms with Gasteiger partial charge in [-0.2, -0.15) is 4.98 Å². The van der Waals surface area contributed by atoms with E-state index in [-0.39, 0.29) is 11.9 Å². The predicted octanol–water partition coefficient (Wildman–Crippen LogP) is 1.49. The summed E-state index contributed by atoms with van der Waals surface area (Å²) in [5, 5.41) is 0.298. The molecular formula is C12H17ClN4O2. The Hall–Kier alpha value is -1.56. The number of esters is 1. The van der Waals surface area contributed by atoms with Crippen LogP contribution in [0, 0.1) is 5.41 Å². The number of aromatic nitrogens is 2. The first kappa shape index (κ1) is 13.9. The molecule has 1 aromatic heterocycles. The van der Waals surface area contributed by atoms with Crippen molar-refractivity contribution in [2.45, 2.75) is 20.3 Å². The maximum Gasteiger partial charge on any atom is 0.313 e. The van der Waals surface area contributed by atoms with Crippen molar-refractivity contribution in [3.05, 3.63) is 11.2 Å². The van der Waals surface area contributed by atoms with Crippen LogP contribution in [0.25, 0.3) is 0 Å². The van der Waals surface area contributed by atoms with Gasteiger partial charge in [0.25, 0.3) is 0 Å². The normalized spacial score (nSPS) is 22.6. The fraction of sp³-hybridized carbons (Fsp3) is 0.583. The van der Waals surface area contributed by atoms with E-state index >= 15 is 0 Å². The molecule has 1 aliphatic heterocycles. The van der Waals surface area contributed by atoms with Gasteiger partial charge in [0.1, 0.15) is 11.0 Å².